The van der Waals surface area contributed by atoms with Crippen LogP contribution in [0.5, 0.6) is 5.75 Å². The summed E-state index contributed by atoms with van der Waals surface area (Å²) < 4.78 is 70.6. The van der Waals surface area contributed by atoms with Crippen LogP contribution in [-0.4, -0.2) is 47.8 Å². The average Bonchev–Trinajstić information content (AvgIpc) is 3.21. The lowest BCUT2D eigenvalue weighted by molar-refractivity contribution is -0.352. The van der Waals surface area contributed by atoms with Gasteiger partial charge >= 0.3 is 6.36 Å². The molecule has 13 heteroatoms. The maximum atomic E-state index is 13.4. The summed E-state index contributed by atoms with van der Waals surface area (Å²) in [7, 11) is 0. The van der Waals surface area contributed by atoms with Crippen LogP contribution in [0.4, 0.5) is 17.6 Å². The van der Waals surface area contributed by atoms with Gasteiger partial charge < -0.3 is 19.2 Å². The molecule has 0 unspecified atom stereocenters. The minimum Gasteiger partial charge on any atom is -0.484 e. The molecule has 180 valence electrons. The lowest BCUT2D eigenvalue weighted by Gasteiger charge is -2.33. The lowest BCUT2D eigenvalue weighted by atomic mass is 9.82. The second-order valence-corrected chi connectivity index (χ2v) is 8.27. The van der Waals surface area contributed by atoms with E-state index in [-0.39, 0.29) is 60.6 Å². The molecule has 1 aromatic carbocycles. The lowest BCUT2D eigenvalue weighted by Crippen LogP contribution is -2.43. The van der Waals surface area contributed by atoms with Gasteiger partial charge in [0.2, 0.25) is 11.8 Å². The predicted octanol–water partition coefficient (Wildman–Crippen LogP) is 4.06. The molecule has 2 fully saturated rings. The fourth-order valence-corrected chi connectivity index (χ4v) is 3.76. The van der Waals surface area contributed by atoms with Crippen LogP contribution in [0.25, 0.3) is 0 Å². The Bertz CT molecular complexity index is 975. The van der Waals surface area contributed by atoms with Crippen LogP contribution in [-0.2, 0) is 14.3 Å². The zero-order valence-electron chi connectivity index (χ0n) is 17.1. The van der Waals surface area contributed by atoms with Gasteiger partial charge in [-0.3, -0.25) is 9.53 Å². The van der Waals surface area contributed by atoms with Crippen molar-refractivity contribution in [3.8, 4) is 5.75 Å². The van der Waals surface area contributed by atoms with Crippen LogP contribution in [0.3, 0.4) is 0 Å². The van der Waals surface area contributed by atoms with Gasteiger partial charge in [0, 0.05) is 12.0 Å². The molecule has 2 aliphatic rings. The van der Waals surface area contributed by atoms with E-state index in [0.29, 0.717) is 12.8 Å². The summed E-state index contributed by atoms with van der Waals surface area (Å²) in [5.74, 6) is -0.606. The molecule has 1 amide bonds. The van der Waals surface area contributed by atoms with Gasteiger partial charge in [-0.15, -0.1) is 23.4 Å². The highest BCUT2D eigenvalue weighted by Gasteiger charge is 2.42. The molecular weight excluding hydrogens is 474 g/mol. The third-order valence-corrected chi connectivity index (χ3v) is 5.68. The van der Waals surface area contributed by atoms with E-state index >= 15 is 0 Å². The monoisotopic (exact) mass is 493 g/mol. The number of carbonyl (C=O) groups is 1. The van der Waals surface area contributed by atoms with Crippen molar-refractivity contribution in [3.63, 3.8) is 0 Å². The van der Waals surface area contributed by atoms with E-state index in [1.165, 1.54) is 12.1 Å². The first-order valence-electron chi connectivity index (χ1n) is 10.2. The fraction of sp³-hybridized carbons (Fsp3) is 0.550. The summed E-state index contributed by atoms with van der Waals surface area (Å²) >= 11 is 5.60. The highest BCUT2D eigenvalue weighted by atomic mass is 35.5. The quantitative estimate of drug-likeness (QED) is 0.581. The number of aromatic nitrogens is 2. The van der Waals surface area contributed by atoms with Gasteiger partial charge in [0.1, 0.15) is 17.7 Å². The largest absolute Gasteiger partial charge is 0.522 e. The number of hydrogen-bond donors (Lipinski definition) is 1. The van der Waals surface area contributed by atoms with Crippen LogP contribution in [0.1, 0.15) is 49.5 Å². The highest BCUT2D eigenvalue weighted by molar-refractivity contribution is 6.30. The fourth-order valence-electron chi connectivity index (χ4n) is 3.64. The minimum atomic E-state index is -4.66. The van der Waals surface area contributed by atoms with Gasteiger partial charge in [0.05, 0.1) is 23.8 Å². The molecule has 1 saturated heterocycles. The van der Waals surface area contributed by atoms with Crippen molar-refractivity contribution in [1.82, 2.24) is 15.5 Å². The summed E-state index contributed by atoms with van der Waals surface area (Å²) in [5, 5.41) is 10.6. The van der Waals surface area contributed by atoms with Gasteiger partial charge in [-0.2, -0.15) is 0 Å². The second kappa shape index (κ2) is 9.82. The van der Waals surface area contributed by atoms with Crippen LogP contribution in [0.15, 0.2) is 22.6 Å². The summed E-state index contributed by atoms with van der Waals surface area (Å²) in [6.07, 6.45) is -4.62. The first-order valence-corrected chi connectivity index (χ1v) is 10.6. The minimum absolute atomic E-state index is 0.0403. The van der Waals surface area contributed by atoms with E-state index in [4.69, 9.17) is 25.5 Å². The van der Waals surface area contributed by atoms with E-state index in [0.717, 1.165) is 6.07 Å². The first-order chi connectivity index (χ1) is 15.7. The number of rotatable bonds is 7. The van der Waals surface area contributed by atoms with Crippen molar-refractivity contribution >= 4 is 17.5 Å². The van der Waals surface area contributed by atoms with Gasteiger partial charge in [0.25, 0.3) is 5.91 Å². The molecule has 1 saturated carbocycles. The van der Waals surface area contributed by atoms with Crippen LogP contribution in [0.2, 0.25) is 5.02 Å². The molecule has 1 aromatic heterocycles. The number of ether oxygens (including phenoxy) is 3. The van der Waals surface area contributed by atoms with E-state index in [2.05, 4.69) is 20.3 Å². The molecule has 1 aliphatic heterocycles. The zero-order chi connectivity index (χ0) is 23.6. The average molecular weight is 494 g/mol. The van der Waals surface area contributed by atoms with Crippen LogP contribution < -0.4 is 10.1 Å². The van der Waals surface area contributed by atoms with Crippen molar-refractivity contribution in [2.75, 3.05) is 13.2 Å². The number of benzene rings is 1. The van der Waals surface area contributed by atoms with Crippen molar-refractivity contribution < 1.29 is 41.0 Å². The molecule has 0 spiro atoms. The summed E-state index contributed by atoms with van der Waals surface area (Å²) in [6, 6.07) is 3.63. The van der Waals surface area contributed by atoms with E-state index in [1.807, 2.05) is 0 Å². The summed E-state index contributed by atoms with van der Waals surface area (Å²) in [4.78, 5) is 12.1. The van der Waals surface area contributed by atoms with Gasteiger partial charge in [0.15, 0.2) is 6.61 Å². The number of halogens is 5. The van der Waals surface area contributed by atoms with Gasteiger partial charge in [-0.05, 0) is 37.8 Å². The number of amides is 1. The Labute approximate surface area is 190 Å². The molecule has 33 heavy (non-hydrogen) atoms. The van der Waals surface area contributed by atoms with Crippen molar-refractivity contribution in [2.24, 2.45) is 0 Å². The molecular formula is C20H20ClF4N3O5. The standard InChI is InChI=1S/C20H20ClF4N3O5/c21-14-3-2-12(7-15(14)22)30-9-17(29)26-11-1-4-16(31-8-11)19-28-27-18(32-19)10-5-13(6-10)33-20(23,24)25/h2-3,7,10-11,13,16H,1,4-6,8-9H2,(H,26,29)/t10-,11-,13+,16+/m0/s1. The van der Waals surface area contributed by atoms with E-state index in [1.54, 1.807) is 0 Å². The van der Waals surface area contributed by atoms with Crippen molar-refractivity contribution in [1.29, 1.82) is 0 Å². The third-order valence-electron chi connectivity index (χ3n) is 5.38. The number of nitrogens with zero attached hydrogens (tertiary/aromatic N) is 2. The zero-order valence-corrected chi connectivity index (χ0v) is 17.9. The normalized spacial score (nSPS) is 25.4. The molecule has 2 heterocycles. The van der Waals surface area contributed by atoms with Gasteiger partial charge in [-0.1, -0.05) is 11.6 Å². The Morgan fingerprint density at radius 3 is 2.64 bits per heavy atom. The molecule has 2 atom stereocenters. The number of carbonyl (C=O) groups excluding carboxylic acids is 1. The number of nitrogens with one attached hydrogen (secondary N) is 1. The molecule has 0 bridgehead atoms. The second-order valence-electron chi connectivity index (χ2n) is 7.86. The SMILES string of the molecule is O=C(COc1ccc(Cl)c(F)c1)N[C@H]1CC[C@H](c2nnc([C@H]3C[C@@H](OC(F)(F)F)C3)o2)OC1. The molecule has 1 N–H and O–H groups in total. The predicted molar refractivity (Wildman–Crippen MR) is 104 cm³/mol. The molecule has 8 nitrogen and oxygen atoms in total. The molecule has 1 aliphatic carbocycles. The first kappa shape index (κ1) is 23.7. The Kier molecular flexibility index (Phi) is 7.05. The topological polar surface area (TPSA) is 95.7 Å². The maximum Gasteiger partial charge on any atom is 0.522 e. The van der Waals surface area contributed by atoms with E-state index in [9.17, 15) is 22.4 Å². The van der Waals surface area contributed by atoms with E-state index < -0.39 is 30.3 Å². The van der Waals surface area contributed by atoms with Crippen molar-refractivity contribution in [3.05, 3.63) is 40.8 Å². The highest BCUT2D eigenvalue weighted by Crippen LogP contribution is 2.41. The Morgan fingerprint density at radius 2 is 1.97 bits per heavy atom. The molecule has 0 radical (unpaired) electrons. The maximum absolute atomic E-state index is 13.4. The Morgan fingerprint density at radius 1 is 1.21 bits per heavy atom. The molecule has 4 rings (SSSR count). The molecule has 2 aromatic rings. The Balaban J connectivity index is 1.18. The van der Waals surface area contributed by atoms with Crippen LogP contribution >= 0.6 is 11.6 Å². The number of hydrogen-bond acceptors (Lipinski definition) is 7. The Hall–Kier alpha value is -2.44. The van der Waals surface area contributed by atoms with Crippen LogP contribution in [0, 0.1) is 5.82 Å². The third kappa shape index (κ3) is 6.33. The smallest absolute Gasteiger partial charge is 0.484 e. The summed E-state index contributed by atoms with van der Waals surface area (Å²) in [5.41, 5.74) is 0. The van der Waals surface area contributed by atoms with Gasteiger partial charge in [-0.25, -0.2) is 4.39 Å². The van der Waals surface area contributed by atoms with Crippen molar-refractivity contribution in [2.45, 2.75) is 56.2 Å². The summed E-state index contributed by atoms with van der Waals surface area (Å²) in [6.45, 7) is -0.0942. The number of alkyl halides is 3.